The Hall–Kier alpha value is -2.18. The second-order valence-corrected chi connectivity index (χ2v) is 3.45. The molecule has 2 rings (SSSR count). The minimum Gasteiger partial charge on any atom is -0.397 e. The second-order valence-electron chi connectivity index (χ2n) is 3.45. The number of halogens is 5. The van der Waals surface area contributed by atoms with E-state index in [4.69, 9.17) is 5.73 Å². The predicted molar refractivity (Wildman–Crippen MR) is 53.9 cm³/mol. The number of anilines is 1. The topological polar surface area (TPSA) is 38.9 Å². The maximum Gasteiger partial charge on any atom is 0.200 e. The third-order valence-corrected chi connectivity index (χ3v) is 2.26. The Bertz CT molecular complexity index is 598. The summed E-state index contributed by atoms with van der Waals surface area (Å²) in [6, 6.07) is 1.06. The molecule has 0 saturated carbocycles. The minimum atomic E-state index is -2.20. The number of aromatic nitrogens is 1. The van der Waals surface area contributed by atoms with Gasteiger partial charge in [0.15, 0.2) is 23.3 Å². The van der Waals surface area contributed by atoms with Gasteiger partial charge in [-0.3, -0.25) is 4.98 Å². The van der Waals surface area contributed by atoms with Gasteiger partial charge in [-0.05, 0) is 6.07 Å². The smallest absolute Gasteiger partial charge is 0.200 e. The Morgan fingerprint density at radius 1 is 0.778 bits per heavy atom. The zero-order valence-corrected chi connectivity index (χ0v) is 8.65. The number of nitrogen functional groups attached to an aromatic ring is 1. The fourth-order valence-electron chi connectivity index (χ4n) is 1.45. The van der Waals surface area contributed by atoms with Crippen LogP contribution in [0.1, 0.15) is 0 Å². The van der Waals surface area contributed by atoms with Crippen LogP contribution in [0.4, 0.5) is 27.6 Å². The van der Waals surface area contributed by atoms with E-state index in [1.807, 2.05) is 0 Å². The van der Waals surface area contributed by atoms with Crippen LogP contribution in [-0.2, 0) is 0 Å². The maximum absolute atomic E-state index is 13.4. The molecule has 1 heterocycles. The number of hydrogen-bond acceptors (Lipinski definition) is 2. The fourth-order valence-corrected chi connectivity index (χ4v) is 1.45. The Morgan fingerprint density at radius 3 is 1.78 bits per heavy atom. The zero-order chi connectivity index (χ0) is 13.4. The molecule has 1 aromatic heterocycles. The van der Waals surface area contributed by atoms with Crippen LogP contribution >= 0.6 is 0 Å². The summed E-state index contributed by atoms with van der Waals surface area (Å²) in [4.78, 5) is 3.53. The molecule has 0 aliphatic carbocycles. The van der Waals surface area contributed by atoms with E-state index >= 15 is 0 Å². The maximum atomic E-state index is 13.4. The first kappa shape index (κ1) is 12.3. The summed E-state index contributed by atoms with van der Waals surface area (Å²) in [5, 5.41) is 0. The molecule has 0 saturated heterocycles. The molecule has 0 atom stereocenters. The molecule has 18 heavy (non-hydrogen) atoms. The van der Waals surface area contributed by atoms with Crippen LogP contribution < -0.4 is 5.73 Å². The molecule has 0 fully saturated rings. The normalized spacial score (nSPS) is 10.7. The molecule has 2 nitrogen and oxygen atoms in total. The van der Waals surface area contributed by atoms with Crippen molar-refractivity contribution >= 4 is 5.69 Å². The summed E-state index contributed by atoms with van der Waals surface area (Å²) in [6.45, 7) is 0. The highest BCUT2D eigenvalue weighted by Crippen LogP contribution is 2.31. The van der Waals surface area contributed by atoms with Crippen LogP contribution in [0.25, 0.3) is 11.1 Å². The first-order valence-corrected chi connectivity index (χ1v) is 4.65. The average Bonchev–Trinajstić information content (AvgIpc) is 2.34. The van der Waals surface area contributed by atoms with Crippen LogP contribution in [0.5, 0.6) is 0 Å². The van der Waals surface area contributed by atoms with E-state index < -0.39 is 34.6 Å². The summed E-state index contributed by atoms with van der Waals surface area (Å²) in [5.41, 5.74) is 4.03. The lowest BCUT2D eigenvalue weighted by Gasteiger charge is -2.08. The molecule has 0 amide bonds. The van der Waals surface area contributed by atoms with Gasteiger partial charge in [-0.2, -0.15) is 0 Å². The summed E-state index contributed by atoms with van der Waals surface area (Å²) in [5.74, 6) is -10.1. The Morgan fingerprint density at radius 2 is 1.28 bits per heavy atom. The number of nitrogens with two attached hydrogens (primary N) is 1. The molecule has 2 N–H and O–H groups in total. The van der Waals surface area contributed by atoms with Gasteiger partial charge in [0.2, 0.25) is 5.82 Å². The van der Waals surface area contributed by atoms with Crippen molar-refractivity contribution < 1.29 is 22.0 Å². The van der Waals surface area contributed by atoms with Crippen molar-refractivity contribution in [2.24, 2.45) is 0 Å². The second kappa shape index (κ2) is 4.25. The molecule has 94 valence electrons. The van der Waals surface area contributed by atoms with Crippen molar-refractivity contribution in [2.45, 2.75) is 0 Å². The predicted octanol–water partition coefficient (Wildman–Crippen LogP) is 3.03. The Labute approximate surface area is 97.9 Å². The molecule has 0 spiro atoms. The summed E-state index contributed by atoms with van der Waals surface area (Å²) in [6.07, 6.45) is 2.13. The van der Waals surface area contributed by atoms with E-state index in [1.54, 1.807) is 0 Å². The first-order chi connectivity index (χ1) is 8.43. The third-order valence-electron chi connectivity index (χ3n) is 2.26. The van der Waals surface area contributed by atoms with Crippen LogP contribution in [-0.4, -0.2) is 4.98 Å². The van der Waals surface area contributed by atoms with Gasteiger partial charge in [-0.1, -0.05) is 0 Å². The first-order valence-electron chi connectivity index (χ1n) is 4.65. The van der Waals surface area contributed by atoms with E-state index in [0.29, 0.717) is 0 Å². The molecular weight excluding hydrogens is 255 g/mol. The van der Waals surface area contributed by atoms with Crippen LogP contribution in [0.2, 0.25) is 0 Å². The molecular formula is C11H5F5N2. The molecule has 0 bridgehead atoms. The SMILES string of the molecule is Nc1cncc(-c2c(F)c(F)c(F)c(F)c2F)c1. The van der Waals surface area contributed by atoms with Crippen molar-refractivity contribution in [1.29, 1.82) is 0 Å². The standard InChI is InChI=1S/C11H5F5N2/c12-7-6(4-1-5(17)3-18-2-4)8(13)10(15)11(16)9(7)14/h1-3H,17H2. The molecule has 0 unspecified atom stereocenters. The molecule has 7 heteroatoms. The van der Waals surface area contributed by atoms with E-state index in [9.17, 15) is 22.0 Å². The highest BCUT2D eigenvalue weighted by atomic mass is 19.2. The molecule has 0 aliphatic heterocycles. The quantitative estimate of drug-likeness (QED) is 0.486. The highest BCUT2D eigenvalue weighted by molar-refractivity contribution is 5.67. The monoisotopic (exact) mass is 260 g/mol. The fraction of sp³-hybridized carbons (Fsp3) is 0. The van der Waals surface area contributed by atoms with E-state index in [2.05, 4.69) is 4.98 Å². The molecule has 2 aromatic rings. The molecule has 0 radical (unpaired) electrons. The molecule has 0 aliphatic rings. The lowest BCUT2D eigenvalue weighted by molar-refractivity contribution is 0.381. The van der Waals surface area contributed by atoms with Gasteiger partial charge in [0.1, 0.15) is 0 Å². The lowest BCUT2D eigenvalue weighted by Crippen LogP contribution is -2.04. The number of benzene rings is 1. The molecule has 1 aromatic carbocycles. The third kappa shape index (κ3) is 1.77. The number of hydrogen-bond donors (Lipinski definition) is 1. The number of pyridine rings is 1. The van der Waals surface area contributed by atoms with Gasteiger partial charge in [0.25, 0.3) is 0 Å². The van der Waals surface area contributed by atoms with Gasteiger partial charge in [-0.25, -0.2) is 22.0 Å². The van der Waals surface area contributed by atoms with Gasteiger partial charge in [0, 0.05) is 18.0 Å². The van der Waals surface area contributed by atoms with E-state index in [-0.39, 0.29) is 11.3 Å². The zero-order valence-electron chi connectivity index (χ0n) is 8.65. The Kier molecular flexibility index (Phi) is 2.90. The summed E-state index contributed by atoms with van der Waals surface area (Å²) in [7, 11) is 0. The van der Waals surface area contributed by atoms with Crippen molar-refractivity contribution in [2.75, 3.05) is 5.73 Å². The number of rotatable bonds is 1. The van der Waals surface area contributed by atoms with Crippen LogP contribution in [0.15, 0.2) is 18.5 Å². The lowest BCUT2D eigenvalue weighted by atomic mass is 10.1. The van der Waals surface area contributed by atoms with Gasteiger partial charge < -0.3 is 5.73 Å². The van der Waals surface area contributed by atoms with Gasteiger partial charge in [-0.15, -0.1) is 0 Å². The van der Waals surface area contributed by atoms with Gasteiger partial charge in [0.05, 0.1) is 11.3 Å². The van der Waals surface area contributed by atoms with E-state index in [0.717, 1.165) is 12.3 Å². The minimum absolute atomic E-state index is 0.0384. The van der Waals surface area contributed by atoms with Crippen LogP contribution in [0.3, 0.4) is 0 Å². The Balaban J connectivity index is 2.80. The van der Waals surface area contributed by atoms with Gasteiger partial charge >= 0.3 is 0 Å². The van der Waals surface area contributed by atoms with Crippen molar-refractivity contribution in [3.05, 3.63) is 47.5 Å². The highest BCUT2D eigenvalue weighted by Gasteiger charge is 2.26. The van der Waals surface area contributed by atoms with Crippen molar-refractivity contribution in [3.63, 3.8) is 0 Å². The van der Waals surface area contributed by atoms with Crippen molar-refractivity contribution in [1.82, 2.24) is 4.98 Å². The average molecular weight is 260 g/mol. The van der Waals surface area contributed by atoms with E-state index in [1.165, 1.54) is 6.20 Å². The van der Waals surface area contributed by atoms with Crippen molar-refractivity contribution in [3.8, 4) is 11.1 Å². The largest absolute Gasteiger partial charge is 0.397 e. The number of nitrogens with zero attached hydrogens (tertiary/aromatic N) is 1. The van der Waals surface area contributed by atoms with Crippen LogP contribution in [0, 0.1) is 29.1 Å². The summed E-state index contributed by atoms with van der Waals surface area (Å²) >= 11 is 0. The summed E-state index contributed by atoms with van der Waals surface area (Å²) < 4.78 is 65.6.